The second kappa shape index (κ2) is 15.0. The molecule has 0 spiro atoms. The fraction of sp³-hybridized carbons (Fsp3) is 0.140. The molecule has 1 aliphatic heterocycles. The van der Waals surface area contributed by atoms with Crippen molar-refractivity contribution in [2.45, 2.75) is 38.3 Å². The van der Waals surface area contributed by atoms with Crippen LogP contribution in [0.3, 0.4) is 0 Å². The minimum atomic E-state index is -1.94. The van der Waals surface area contributed by atoms with Gasteiger partial charge >= 0.3 is 5.79 Å². The van der Waals surface area contributed by atoms with Crippen molar-refractivity contribution in [1.82, 2.24) is 0 Å². The normalized spacial score (nSPS) is 16.7. The average Bonchev–Trinajstić information content (AvgIpc) is 3.17. The third kappa shape index (κ3) is 7.26. The molecule has 0 saturated carbocycles. The number of carbonyl (C=O) groups is 1. The van der Waals surface area contributed by atoms with Gasteiger partial charge in [0.25, 0.3) is 0 Å². The van der Waals surface area contributed by atoms with Gasteiger partial charge in [0.2, 0.25) is 5.78 Å². The van der Waals surface area contributed by atoms with Crippen LogP contribution in [0.4, 0.5) is 0 Å². The molecule has 7 rings (SSSR count). The molecule has 1 heterocycles. The second-order valence-corrected chi connectivity index (χ2v) is 11.8. The van der Waals surface area contributed by atoms with Crippen LogP contribution < -0.4 is 14.2 Å². The minimum Gasteiger partial charge on any atom is -0.485 e. The van der Waals surface area contributed by atoms with E-state index in [2.05, 4.69) is 0 Å². The number of rotatable bonds is 13. The molecule has 1 aliphatic rings. The van der Waals surface area contributed by atoms with E-state index < -0.39 is 17.7 Å². The van der Waals surface area contributed by atoms with Crippen molar-refractivity contribution in [1.29, 1.82) is 0 Å². The third-order valence-electron chi connectivity index (χ3n) is 8.36. The molecular formula is C43H36O6. The molecule has 0 fully saturated rings. The van der Waals surface area contributed by atoms with Crippen LogP contribution in [-0.4, -0.2) is 5.78 Å². The SMILES string of the molecule is O=C1C(OCc2ccccc2)c2ccccc2OC1(OCc1ccccc1)c1cccc(OCc2ccccc2)c1OCc1ccccc1. The van der Waals surface area contributed by atoms with Crippen molar-refractivity contribution in [3.63, 3.8) is 0 Å². The number of Topliss-reactive ketones (excluding diaryl/α,β-unsaturated/α-hetero) is 1. The molecule has 0 aromatic heterocycles. The molecular weight excluding hydrogens is 612 g/mol. The average molecular weight is 649 g/mol. The van der Waals surface area contributed by atoms with Gasteiger partial charge in [0.15, 0.2) is 17.6 Å². The molecule has 6 aromatic carbocycles. The van der Waals surface area contributed by atoms with Crippen LogP contribution in [0.15, 0.2) is 164 Å². The monoisotopic (exact) mass is 648 g/mol. The third-order valence-corrected chi connectivity index (χ3v) is 8.36. The lowest BCUT2D eigenvalue weighted by atomic mass is 9.89. The Balaban J connectivity index is 1.34. The standard InChI is InChI=1S/C43H36O6/c44-42-40(46-29-33-18-7-2-8-19-33)36-24-13-14-26-38(36)49-43(42,48-31-35-22-11-4-12-23-35)37-25-15-27-39(45-28-32-16-5-1-6-17-32)41(37)47-30-34-20-9-3-10-21-34/h1-27,40H,28-31H2. The summed E-state index contributed by atoms with van der Waals surface area (Å²) in [5.74, 6) is -1.05. The summed E-state index contributed by atoms with van der Waals surface area (Å²) in [7, 11) is 0. The molecule has 0 saturated heterocycles. The lowest BCUT2D eigenvalue weighted by molar-refractivity contribution is -0.220. The first kappa shape index (κ1) is 31.9. The van der Waals surface area contributed by atoms with Gasteiger partial charge in [-0.05, 0) is 40.5 Å². The zero-order valence-corrected chi connectivity index (χ0v) is 26.9. The minimum absolute atomic E-state index is 0.0907. The van der Waals surface area contributed by atoms with Crippen LogP contribution in [0.2, 0.25) is 0 Å². The largest absolute Gasteiger partial charge is 0.485 e. The van der Waals surface area contributed by atoms with Crippen molar-refractivity contribution in [3.8, 4) is 17.2 Å². The molecule has 0 amide bonds. The van der Waals surface area contributed by atoms with Gasteiger partial charge in [-0.15, -0.1) is 0 Å². The molecule has 6 heteroatoms. The van der Waals surface area contributed by atoms with E-state index >= 15 is 4.79 Å². The Labute approximate surface area is 286 Å². The summed E-state index contributed by atoms with van der Waals surface area (Å²) in [6.45, 7) is 0.836. The first-order valence-corrected chi connectivity index (χ1v) is 16.3. The first-order chi connectivity index (χ1) is 24.2. The Morgan fingerprint density at radius 3 is 1.63 bits per heavy atom. The smallest absolute Gasteiger partial charge is 0.304 e. The maximum absolute atomic E-state index is 15.1. The van der Waals surface area contributed by atoms with Gasteiger partial charge in [-0.25, -0.2) is 0 Å². The van der Waals surface area contributed by atoms with Crippen LogP contribution in [0.5, 0.6) is 17.2 Å². The van der Waals surface area contributed by atoms with Crippen molar-refractivity contribution in [2.75, 3.05) is 0 Å². The van der Waals surface area contributed by atoms with E-state index in [0.717, 1.165) is 22.3 Å². The lowest BCUT2D eigenvalue weighted by Crippen LogP contribution is -2.50. The van der Waals surface area contributed by atoms with Crippen molar-refractivity contribution < 1.29 is 28.5 Å². The number of fused-ring (bicyclic) bond motifs is 1. The maximum atomic E-state index is 15.1. The van der Waals surface area contributed by atoms with Crippen molar-refractivity contribution in [2.24, 2.45) is 0 Å². The van der Waals surface area contributed by atoms with Crippen LogP contribution in [0.1, 0.15) is 39.5 Å². The Bertz CT molecular complexity index is 1960. The zero-order chi connectivity index (χ0) is 33.3. The Hall–Kier alpha value is -5.69. The molecule has 2 unspecified atom stereocenters. The quantitative estimate of drug-likeness (QED) is 0.125. The summed E-state index contributed by atoms with van der Waals surface area (Å²) < 4.78 is 32.9. The van der Waals surface area contributed by atoms with Gasteiger partial charge in [0.1, 0.15) is 19.0 Å². The fourth-order valence-corrected chi connectivity index (χ4v) is 5.86. The molecule has 6 aromatic rings. The Morgan fingerprint density at radius 1 is 0.510 bits per heavy atom. The van der Waals surface area contributed by atoms with E-state index in [4.69, 9.17) is 23.7 Å². The Kier molecular flexibility index (Phi) is 9.78. The highest BCUT2D eigenvalue weighted by Gasteiger charge is 2.55. The first-order valence-electron chi connectivity index (χ1n) is 16.3. The number of para-hydroxylation sites is 2. The van der Waals surface area contributed by atoms with Crippen LogP contribution in [0, 0.1) is 0 Å². The molecule has 0 aliphatic carbocycles. The van der Waals surface area contributed by atoms with Crippen molar-refractivity contribution >= 4 is 5.78 Å². The summed E-state index contributed by atoms with van der Waals surface area (Å²) in [6, 6.07) is 52.1. The maximum Gasteiger partial charge on any atom is 0.304 e. The van der Waals surface area contributed by atoms with Gasteiger partial charge in [0, 0.05) is 5.56 Å². The molecule has 244 valence electrons. The van der Waals surface area contributed by atoms with Gasteiger partial charge in [-0.1, -0.05) is 146 Å². The second-order valence-electron chi connectivity index (χ2n) is 11.8. The Morgan fingerprint density at radius 2 is 1.02 bits per heavy atom. The van der Waals surface area contributed by atoms with Crippen LogP contribution in [0.25, 0.3) is 0 Å². The highest BCUT2D eigenvalue weighted by Crippen LogP contribution is 2.49. The summed E-state index contributed by atoms with van der Waals surface area (Å²) in [4.78, 5) is 15.1. The van der Waals surface area contributed by atoms with E-state index in [0.29, 0.717) is 35.0 Å². The number of ketones is 1. The number of carbonyl (C=O) groups excluding carboxylic acids is 1. The van der Waals surface area contributed by atoms with Crippen LogP contribution >= 0.6 is 0 Å². The summed E-state index contributed by atoms with van der Waals surface area (Å²) in [5, 5.41) is 0. The highest BCUT2D eigenvalue weighted by atomic mass is 16.7. The van der Waals surface area contributed by atoms with E-state index in [1.807, 2.05) is 158 Å². The summed E-state index contributed by atoms with van der Waals surface area (Å²) in [6.07, 6.45) is -0.989. The fourth-order valence-electron chi connectivity index (χ4n) is 5.86. The van der Waals surface area contributed by atoms with E-state index in [1.165, 1.54) is 0 Å². The molecule has 0 bridgehead atoms. The molecule has 49 heavy (non-hydrogen) atoms. The van der Waals surface area contributed by atoms with Gasteiger partial charge in [0.05, 0.1) is 18.8 Å². The zero-order valence-electron chi connectivity index (χ0n) is 26.9. The predicted molar refractivity (Wildman–Crippen MR) is 187 cm³/mol. The topological polar surface area (TPSA) is 63.2 Å². The van der Waals surface area contributed by atoms with E-state index in [9.17, 15) is 0 Å². The lowest BCUT2D eigenvalue weighted by Gasteiger charge is -2.41. The number of hydrogen-bond acceptors (Lipinski definition) is 6. The van der Waals surface area contributed by atoms with Gasteiger partial charge < -0.3 is 23.7 Å². The van der Waals surface area contributed by atoms with Crippen LogP contribution in [-0.2, 0) is 46.5 Å². The van der Waals surface area contributed by atoms with E-state index in [1.54, 1.807) is 6.07 Å². The molecule has 2 atom stereocenters. The van der Waals surface area contributed by atoms with Crippen molar-refractivity contribution in [3.05, 3.63) is 197 Å². The van der Waals surface area contributed by atoms with Gasteiger partial charge in [-0.3, -0.25) is 4.79 Å². The predicted octanol–water partition coefficient (Wildman–Crippen LogP) is 9.13. The highest BCUT2D eigenvalue weighted by molar-refractivity contribution is 5.95. The summed E-state index contributed by atoms with van der Waals surface area (Å²) in [5.41, 5.74) is 4.78. The number of hydrogen-bond donors (Lipinski definition) is 0. The van der Waals surface area contributed by atoms with Gasteiger partial charge in [-0.2, -0.15) is 0 Å². The number of benzene rings is 6. The summed E-state index contributed by atoms with van der Waals surface area (Å²) >= 11 is 0. The molecule has 0 radical (unpaired) electrons. The molecule has 6 nitrogen and oxygen atoms in total. The number of ether oxygens (including phenoxy) is 5. The molecule has 0 N–H and O–H groups in total. The van der Waals surface area contributed by atoms with E-state index in [-0.39, 0.29) is 19.8 Å².